The van der Waals surface area contributed by atoms with Crippen molar-refractivity contribution in [3.05, 3.63) is 0 Å². The molecule has 178 valence electrons. The number of nitrogens with zero attached hydrogens (tertiary/aromatic N) is 4. The predicted octanol–water partition coefficient (Wildman–Crippen LogP) is 1.47. The third-order valence-electron chi connectivity index (χ3n) is 6.21. The zero-order valence-electron chi connectivity index (χ0n) is 19.3. The van der Waals surface area contributed by atoms with Gasteiger partial charge in [0, 0.05) is 57.9 Å². The van der Waals surface area contributed by atoms with Gasteiger partial charge in [-0.25, -0.2) is 9.79 Å². The summed E-state index contributed by atoms with van der Waals surface area (Å²) < 4.78 is 5.10. The fraction of sp³-hybridized carbons (Fsp3) is 0.857. The van der Waals surface area contributed by atoms with E-state index in [0.717, 1.165) is 31.8 Å². The van der Waals surface area contributed by atoms with E-state index in [4.69, 9.17) is 4.74 Å². The third kappa shape index (κ3) is 7.65. The maximum atomic E-state index is 12.1. The number of carbonyl (C=O) groups excluding carboxylic acids is 2. The first-order valence-electron chi connectivity index (χ1n) is 11.3. The van der Waals surface area contributed by atoms with E-state index in [-0.39, 0.29) is 48.6 Å². The minimum absolute atomic E-state index is 0. The fourth-order valence-corrected chi connectivity index (χ4v) is 4.30. The van der Waals surface area contributed by atoms with Gasteiger partial charge in [0.1, 0.15) is 6.54 Å². The molecule has 0 spiro atoms. The molecule has 3 aliphatic rings. The quantitative estimate of drug-likeness (QED) is 0.296. The molecule has 3 rings (SSSR count). The highest BCUT2D eigenvalue weighted by Crippen LogP contribution is 2.33. The monoisotopic (exact) mass is 550 g/mol. The van der Waals surface area contributed by atoms with Crippen molar-refractivity contribution in [1.82, 2.24) is 25.3 Å². The van der Waals surface area contributed by atoms with Crippen LogP contribution in [0.1, 0.15) is 46.0 Å². The summed E-state index contributed by atoms with van der Waals surface area (Å²) in [4.78, 5) is 34.5. The van der Waals surface area contributed by atoms with E-state index < -0.39 is 0 Å². The number of guanidine groups is 1. The highest BCUT2D eigenvalue weighted by atomic mass is 127. The van der Waals surface area contributed by atoms with Crippen molar-refractivity contribution >= 4 is 41.9 Å². The van der Waals surface area contributed by atoms with Crippen molar-refractivity contribution in [2.75, 3.05) is 46.9 Å². The average Bonchev–Trinajstić information content (AvgIpc) is 3.49. The Morgan fingerprint density at radius 2 is 1.74 bits per heavy atom. The lowest BCUT2D eigenvalue weighted by molar-refractivity contribution is -0.127. The summed E-state index contributed by atoms with van der Waals surface area (Å²) in [6, 6.07) is 1.88. The molecule has 2 N–H and O–H groups in total. The van der Waals surface area contributed by atoms with Gasteiger partial charge in [0.25, 0.3) is 0 Å². The second-order valence-corrected chi connectivity index (χ2v) is 8.91. The molecule has 0 radical (unpaired) electrons. The first-order chi connectivity index (χ1) is 14.4. The van der Waals surface area contributed by atoms with Gasteiger partial charge in [-0.3, -0.25) is 9.69 Å². The van der Waals surface area contributed by atoms with E-state index >= 15 is 0 Å². The Balaban J connectivity index is 0.00000341. The van der Waals surface area contributed by atoms with Crippen LogP contribution in [-0.2, 0) is 9.53 Å². The Kier molecular flexibility index (Phi) is 10.1. The second-order valence-electron chi connectivity index (χ2n) is 8.91. The van der Waals surface area contributed by atoms with Crippen LogP contribution in [0, 0.1) is 0 Å². The van der Waals surface area contributed by atoms with Crippen LogP contribution < -0.4 is 10.6 Å². The van der Waals surface area contributed by atoms with Gasteiger partial charge >= 0.3 is 6.09 Å². The maximum absolute atomic E-state index is 12.1. The standard InChI is InChI=1S/C21H38N6O3.HI/c1-5-30-21(29)26-10-8-16(9-11-26)23-20(22-13-19(28)25(3)4)24-17-12-15(2)27(14-17)18-6-7-18;/h15-18H,5-14H2,1-4H3,(H2,22,23,24);1H. The van der Waals surface area contributed by atoms with Crippen LogP contribution in [0.15, 0.2) is 4.99 Å². The number of hydrogen-bond acceptors (Lipinski definition) is 5. The van der Waals surface area contributed by atoms with Crippen LogP contribution in [0.3, 0.4) is 0 Å². The van der Waals surface area contributed by atoms with Crippen LogP contribution in [0.2, 0.25) is 0 Å². The van der Waals surface area contributed by atoms with Crippen molar-refractivity contribution in [1.29, 1.82) is 0 Å². The zero-order chi connectivity index (χ0) is 21.7. The number of rotatable bonds is 6. The lowest BCUT2D eigenvalue weighted by atomic mass is 10.1. The first-order valence-corrected chi connectivity index (χ1v) is 11.3. The molecule has 10 heteroatoms. The summed E-state index contributed by atoms with van der Waals surface area (Å²) in [5.74, 6) is 0.683. The van der Waals surface area contributed by atoms with E-state index in [1.54, 1.807) is 23.9 Å². The fourth-order valence-electron chi connectivity index (χ4n) is 4.30. The summed E-state index contributed by atoms with van der Waals surface area (Å²) in [6.45, 7) is 6.99. The van der Waals surface area contributed by atoms with Crippen LogP contribution in [0.4, 0.5) is 4.79 Å². The summed E-state index contributed by atoms with van der Waals surface area (Å²) >= 11 is 0. The first kappa shape index (κ1) is 26.0. The van der Waals surface area contributed by atoms with E-state index in [0.29, 0.717) is 37.7 Å². The average molecular weight is 550 g/mol. The lowest BCUT2D eigenvalue weighted by Gasteiger charge is -2.33. The molecule has 0 bridgehead atoms. The number of likely N-dealkylation sites (N-methyl/N-ethyl adjacent to an activating group) is 1. The van der Waals surface area contributed by atoms with E-state index in [1.807, 2.05) is 6.92 Å². The van der Waals surface area contributed by atoms with Gasteiger partial charge in [-0.05, 0) is 46.0 Å². The van der Waals surface area contributed by atoms with Crippen molar-refractivity contribution in [2.24, 2.45) is 4.99 Å². The maximum Gasteiger partial charge on any atom is 0.409 e. The Labute approximate surface area is 203 Å². The zero-order valence-corrected chi connectivity index (χ0v) is 21.6. The number of nitrogens with one attached hydrogen (secondary N) is 2. The molecule has 2 amide bonds. The number of aliphatic imine (C=N–C) groups is 1. The minimum Gasteiger partial charge on any atom is -0.450 e. The van der Waals surface area contributed by atoms with Crippen molar-refractivity contribution in [2.45, 2.75) is 70.1 Å². The molecule has 2 heterocycles. The highest BCUT2D eigenvalue weighted by Gasteiger charge is 2.39. The van der Waals surface area contributed by atoms with Crippen molar-refractivity contribution in [3.63, 3.8) is 0 Å². The Bertz CT molecular complexity index is 635. The molecule has 2 unspecified atom stereocenters. The van der Waals surface area contributed by atoms with Gasteiger partial charge in [0.2, 0.25) is 5.91 Å². The summed E-state index contributed by atoms with van der Waals surface area (Å²) in [6.07, 6.45) is 5.13. The van der Waals surface area contributed by atoms with Gasteiger partial charge in [0.05, 0.1) is 6.61 Å². The predicted molar refractivity (Wildman–Crippen MR) is 132 cm³/mol. The molecule has 0 aromatic rings. The van der Waals surface area contributed by atoms with Gasteiger partial charge in [-0.15, -0.1) is 24.0 Å². The van der Waals surface area contributed by atoms with Crippen LogP contribution in [-0.4, -0.2) is 104 Å². The molecular weight excluding hydrogens is 511 g/mol. The van der Waals surface area contributed by atoms with Crippen molar-refractivity contribution < 1.29 is 14.3 Å². The number of ether oxygens (including phenoxy) is 1. The third-order valence-corrected chi connectivity index (χ3v) is 6.21. The Hall–Kier alpha value is -1.30. The summed E-state index contributed by atoms with van der Waals surface area (Å²) in [5, 5.41) is 7.09. The SMILES string of the molecule is CCOC(=O)N1CCC(NC(=NCC(=O)N(C)C)NC2CC(C)N(C3CC3)C2)CC1.I. The second kappa shape index (κ2) is 12.1. The number of likely N-dealkylation sites (tertiary alicyclic amines) is 2. The highest BCUT2D eigenvalue weighted by molar-refractivity contribution is 14.0. The van der Waals surface area contributed by atoms with Crippen LogP contribution in [0.25, 0.3) is 0 Å². The van der Waals surface area contributed by atoms with Gasteiger partial charge in [-0.2, -0.15) is 0 Å². The molecule has 31 heavy (non-hydrogen) atoms. The van der Waals surface area contributed by atoms with E-state index in [2.05, 4.69) is 27.4 Å². The van der Waals surface area contributed by atoms with E-state index in [9.17, 15) is 9.59 Å². The largest absolute Gasteiger partial charge is 0.450 e. The normalized spacial score (nSPS) is 25.0. The molecule has 2 saturated heterocycles. The summed E-state index contributed by atoms with van der Waals surface area (Å²) in [5.41, 5.74) is 0. The molecular formula is C21H39IN6O3. The van der Waals surface area contributed by atoms with Gasteiger partial charge in [-0.1, -0.05) is 0 Å². The van der Waals surface area contributed by atoms with E-state index in [1.165, 1.54) is 12.8 Å². The molecule has 0 aromatic carbocycles. The van der Waals surface area contributed by atoms with Crippen molar-refractivity contribution in [3.8, 4) is 0 Å². The molecule has 2 aliphatic heterocycles. The Morgan fingerprint density at radius 3 is 2.32 bits per heavy atom. The number of piperidine rings is 1. The number of carbonyl (C=O) groups is 2. The van der Waals surface area contributed by atoms with Crippen LogP contribution >= 0.6 is 24.0 Å². The number of hydrogen-bond donors (Lipinski definition) is 2. The lowest BCUT2D eigenvalue weighted by Crippen LogP contribution is -2.52. The molecule has 2 atom stereocenters. The topological polar surface area (TPSA) is 89.5 Å². The van der Waals surface area contributed by atoms with Crippen LogP contribution in [0.5, 0.6) is 0 Å². The summed E-state index contributed by atoms with van der Waals surface area (Å²) in [7, 11) is 3.49. The van der Waals surface area contributed by atoms with Gasteiger partial charge < -0.3 is 25.2 Å². The smallest absolute Gasteiger partial charge is 0.409 e. The number of amides is 2. The molecule has 3 fully saturated rings. The Morgan fingerprint density at radius 1 is 1.10 bits per heavy atom. The number of halogens is 1. The minimum atomic E-state index is -0.236. The van der Waals surface area contributed by atoms with Gasteiger partial charge in [0.15, 0.2) is 5.96 Å². The molecule has 1 saturated carbocycles. The molecule has 1 aliphatic carbocycles. The molecule has 0 aromatic heterocycles. The molecule has 9 nitrogen and oxygen atoms in total.